The molecule has 1 aliphatic rings. The summed E-state index contributed by atoms with van der Waals surface area (Å²) >= 11 is 0. The van der Waals surface area contributed by atoms with E-state index in [1.165, 1.54) is 5.56 Å². The first-order valence-corrected chi connectivity index (χ1v) is 6.98. The predicted molar refractivity (Wildman–Crippen MR) is 76.0 cm³/mol. The van der Waals surface area contributed by atoms with Crippen molar-refractivity contribution in [1.82, 2.24) is 5.43 Å². The third kappa shape index (κ3) is 4.49. The van der Waals surface area contributed by atoms with Crippen molar-refractivity contribution >= 4 is 0 Å². The fourth-order valence-electron chi connectivity index (χ4n) is 2.64. The Bertz CT molecular complexity index is 361. The van der Waals surface area contributed by atoms with Gasteiger partial charge in [0, 0.05) is 19.3 Å². The van der Waals surface area contributed by atoms with Gasteiger partial charge in [0.1, 0.15) is 5.75 Å². The van der Waals surface area contributed by atoms with Gasteiger partial charge < -0.3 is 9.47 Å². The average molecular weight is 264 g/mol. The van der Waals surface area contributed by atoms with Crippen molar-refractivity contribution in [3.05, 3.63) is 29.8 Å². The summed E-state index contributed by atoms with van der Waals surface area (Å²) in [6.45, 7) is 1.79. The van der Waals surface area contributed by atoms with E-state index in [2.05, 4.69) is 17.6 Å². The molecule has 1 saturated heterocycles. The van der Waals surface area contributed by atoms with Crippen LogP contribution in [0.4, 0.5) is 0 Å². The summed E-state index contributed by atoms with van der Waals surface area (Å²) in [4.78, 5) is 0. The molecule has 0 aromatic heterocycles. The summed E-state index contributed by atoms with van der Waals surface area (Å²) in [7, 11) is 1.68. The maximum absolute atomic E-state index is 5.69. The van der Waals surface area contributed by atoms with Gasteiger partial charge in [-0.2, -0.15) is 0 Å². The minimum Gasteiger partial charge on any atom is -0.497 e. The molecule has 1 unspecified atom stereocenters. The molecule has 1 aliphatic heterocycles. The zero-order valence-corrected chi connectivity index (χ0v) is 11.6. The molecule has 2 rings (SSSR count). The molecule has 1 aromatic rings. The van der Waals surface area contributed by atoms with Crippen LogP contribution in [0.1, 0.15) is 24.8 Å². The van der Waals surface area contributed by atoms with Crippen molar-refractivity contribution < 1.29 is 9.47 Å². The van der Waals surface area contributed by atoms with Gasteiger partial charge in [-0.15, -0.1) is 0 Å². The van der Waals surface area contributed by atoms with Gasteiger partial charge in [-0.1, -0.05) is 12.1 Å². The highest BCUT2D eigenvalue weighted by molar-refractivity contribution is 5.27. The molecule has 106 valence electrons. The largest absolute Gasteiger partial charge is 0.497 e. The van der Waals surface area contributed by atoms with Crippen LogP contribution in [0.3, 0.4) is 0 Å². The first-order chi connectivity index (χ1) is 9.31. The number of hydrazine groups is 1. The fourth-order valence-corrected chi connectivity index (χ4v) is 2.64. The normalized spacial score (nSPS) is 18.2. The van der Waals surface area contributed by atoms with Crippen molar-refractivity contribution in [2.24, 2.45) is 11.8 Å². The van der Waals surface area contributed by atoms with Crippen molar-refractivity contribution in [3.63, 3.8) is 0 Å². The van der Waals surface area contributed by atoms with Crippen LogP contribution in [0.15, 0.2) is 24.3 Å². The zero-order chi connectivity index (χ0) is 13.5. The molecular weight excluding hydrogens is 240 g/mol. The molecule has 0 radical (unpaired) electrons. The second-order valence-corrected chi connectivity index (χ2v) is 5.21. The minimum absolute atomic E-state index is 0.330. The summed E-state index contributed by atoms with van der Waals surface area (Å²) in [6, 6.07) is 8.53. The lowest BCUT2D eigenvalue weighted by molar-refractivity contribution is 0.0605. The lowest BCUT2D eigenvalue weighted by atomic mass is 9.90. The highest BCUT2D eigenvalue weighted by Crippen LogP contribution is 2.22. The van der Waals surface area contributed by atoms with E-state index in [1.54, 1.807) is 7.11 Å². The monoisotopic (exact) mass is 264 g/mol. The van der Waals surface area contributed by atoms with E-state index in [4.69, 9.17) is 15.3 Å². The van der Waals surface area contributed by atoms with Crippen LogP contribution in [-0.4, -0.2) is 26.4 Å². The lowest BCUT2D eigenvalue weighted by Crippen LogP contribution is -2.39. The van der Waals surface area contributed by atoms with Crippen LogP contribution < -0.4 is 16.0 Å². The van der Waals surface area contributed by atoms with Crippen LogP contribution in [0.25, 0.3) is 0 Å². The van der Waals surface area contributed by atoms with E-state index in [1.807, 2.05) is 12.1 Å². The van der Waals surface area contributed by atoms with Gasteiger partial charge >= 0.3 is 0 Å². The number of ether oxygens (including phenoxy) is 2. The number of hydrogen-bond acceptors (Lipinski definition) is 4. The van der Waals surface area contributed by atoms with Gasteiger partial charge in [-0.3, -0.25) is 11.3 Å². The van der Waals surface area contributed by atoms with Crippen LogP contribution in [0.2, 0.25) is 0 Å². The Kier molecular flexibility index (Phi) is 5.63. The Morgan fingerprint density at radius 2 is 2.00 bits per heavy atom. The first-order valence-electron chi connectivity index (χ1n) is 6.98. The van der Waals surface area contributed by atoms with Crippen LogP contribution >= 0.6 is 0 Å². The molecule has 0 saturated carbocycles. The summed E-state index contributed by atoms with van der Waals surface area (Å²) < 4.78 is 10.6. The van der Waals surface area contributed by atoms with E-state index in [-0.39, 0.29) is 0 Å². The summed E-state index contributed by atoms with van der Waals surface area (Å²) in [5, 5.41) is 0. The molecule has 0 amide bonds. The molecule has 0 aliphatic carbocycles. The number of nitrogens with one attached hydrogen (secondary N) is 1. The standard InChI is InChI=1S/C15H24N2O2/c1-18-15-4-2-12(3-5-15)10-14(17-16)11-13-6-8-19-9-7-13/h2-5,13-14,17H,6-11,16H2,1H3. The number of benzene rings is 1. The second kappa shape index (κ2) is 7.48. The smallest absolute Gasteiger partial charge is 0.118 e. The molecule has 1 heterocycles. The third-order valence-electron chi connectivity index (χ3n) is 3.84. The molecular formula is C15H24N2O2. The Hall–Kier alpha value is -1.10. The molecule has 1 aromatic carbocycles. The first kappa shape index (κ1) is 14.3. The van der Waals surface area contributed by atoms with Crippen LogP contribution in [-0.2, 0) is 11.2 Å². The van der Waals surface area contributed by atoms with E-state index < -0.39 is 0 Å². The van der Waals surface area contributed by atoms with Gasteiger partial charge in [0.15, 0.2) is 0 Å². The molecule has 4 heteroatoms. The molecule has 3 N–H and O–H groups in total. The number of hydrogen-bond donors (Lipinski definition) is 2. The van der Waals surface area contributed by atoms with Crippen LogP contribution in [0.5, 0.6) is 5.75 Å². The van der Waals surface area contributed by atoms with Crippen molar-refractivity contribution in [1.29, 1.82) is 0 Å². The minimum atomic E-state index is 0.330. The molecule has 19 heavy (non-hydrogen) atoms. The van der Waals surface area contributed by atoms with E-state index >= 15 is 0 Å². The average Bonchev–Trinajstić information content (AvgIpc) is 2.48. The van der Waals surface area contributed by atoms with Gasteiger partial charge in [-0.05, 0) is 49.3 Å². The van der Waals surface area contributed by atoms with Crippen molar-refractivity contribution in [2.45, 2.75) is 31.7 Å². The molecule has 1 atom stereocenters. The zero-order valence-electron chi connectivity index (χ0n) is 11.6. The number of methoxy groups -OCH3 is 1. The predicted octanol–water partition coefficient (Wildman–Crippen LogP) is 1.89. The third-order valence-corrected chi connectivity index (χ3v) is 3.84. The van der Waals surface area contributed by atoms with E-state index in [0.717, 1.165) is 50.6 Å². The molecule has 0 bridgehead atoms. The Balaban J connectivity index is 1.86. The van der Waals surface area contributed by atoms with Gasteiger partial charge in [0.05, 0.1) is 7.11 Å². The van der Waals surface area contributed by atoms with E-state index in [9.17, 15) is 0 Å². The van der Waals surface area contributed by atoms with Gasteiger partial charge in [0.25, 0.3) is 0 Å². The lowest BCUT2D eigenvalue weighted by Gasteiger charge is -2.26. The SMILES string of the molecule is COc1ccc(CC(CC2CCOCC2)NN)cc1. The quantitative estimate of drug-likeness (QED) is 0.608. The van der Waals surface area contributed by atoms with Crippen molar-refractivity contribution in [3.8, 4) is 5.75 Å². The summed E-state index contributed by atoms with van der Waals surface area (Å²) in [6.07, 6.45) is 4.38. The van der Waals surface area contributed by atoms with E-state index in [0.29, 0.717) is 6.04 Å². The maximum Gasteiger partial charge on any atom is 0.118 e. The Morgan fingerprint density at radius 3 is 2.58 bits per heavy atom. The Labute approximate surface area is 115 Å². The maximum atomic E-state index is 5.69. The highest BCUT2D eigenvalue weighted by Gasteiger charge is 2.18. The Morgan fingerprint density at radius 1 is 1.32 bits per heavy atom. The second-order valence-electron chi connectivity index (χ2n) is 5.21. The van der Waals surface area contributed by atoms with Gasteiger partial charge in [0.2, 0.25) is 0 Å². The highest BCUT2D eigenvalue weighted by atomic mass is 16.5. The summed E-state index contributed by atoms with van der Waals surface area (Å²) in [5.74, 6) is 7.31. The number of nitrogens with two attached hydrogens (primary N) is 1. The van der Waals surface area contributed by atoms with Crippen molar-refractivity contribution in [2.75, 3.05) is 20.3 Å². The molecule has 1 fully saturated rings. The summed E-state index contributed by atoms with van der Waals surface area (Å²) in [5.41, 5.74) is 4.24. The van der Waals surface area contributed by atoms with Gasteiger partial charge in [-0.25, -0.2) is 0 Å². The van der Waals surface area contributed by atoms with Crippen LogP contribution in [0, 0.1) is 5.92 Å². The number of rotatable bonds is 6. The topological polar surface area (TPSA) is 56.5 Å². The molecule has 4 nitrogen and oxygen atoms in total. The molecule has 0 spiro atoms. The fraction of sp³-hybridized carbons (Fsp3) is 0.600.